The van der Waals surface area contributed by atoms with Crippen LogP contribution in [0.3, 0.4) is 0 Å². The third-order valence-corrected chi connectivity index (χ3v) is 3.27. The zero-order valence-electron chi connectivity index (χ0n) is 13.3. The fraction of sp³-hybridized carbons (Fsp3) is 0.176. The zero-order valence-corrected chi connectivity index (χ0v) is 13.3. The Morgan fingerprint density at radius 2 is 1.68 bits per heavy atom. The van der Waals surface area contributed by atoms with E-state index in [1.54, 1.807) is 6.07 Å². The summed E-state index contributed by atoms with van der Waals surface area (Å²) < 4.78 is 4.95. The number of esters is 1. The number of rotatable bonds is 7. The van der Waals surface area contributed by atoms with E-state index < -0.39 is 16.9 Å². The number of carbonyl (C=O) groups excluding carboxylic acids is 2. The second-order valence-corrected chi connectivity index (χ2v) is 5.07. The predicted octanol–water partition coefficient (Wildman–Crippen LogP) is 2.14. The molecule has 0 aromatic heterocycles. The van der Waals surface area contributed by atoms with Crippen LogP contribution in [0.4, 0.5) is 10.5 Å². The van der Waals surface area contributed by atoms with Crippen LogP contribution in [0.25, 0.3) is 0 Å². The largest absolute Gasteiger partial charge is 0.459 e. The molecular weight excluding hydrogens is 326 g/mol. The molecule has 0 aliphatic heterocycles. The van der Waals surface area contributed by atoms with Crippen LogP contribution in [0.2, 0.25) is 0 Å². The van der Waals surface area contributed by atoms with Crippen LogP contribution in [0.15, 0.2) is 54.6 Å². The number of nitrogens with one attached hydrogen (secondary N) is 2. The van der Waals surface area contributed by atoms with Gasteiger partial charge in [0.05, 0.1) is 10.5 Å². The third-order valence-electron chi connectivity index (χ3n) is 3.27. The van der Waals surface area contributed by atoms with Gasteiger partial charge in [-0.25, -0.2) is 4.79 Å². The quantitative estimate of drug-likeness (QED) is 0.454. The number of ether oxygens (including phenoxy) is 1. The predicted molar refractivity (Wildman–Crippen MR) is 89.6 cm³/mol. The van der Waals surface area contributed by atoms with Crippen LogP contribution < -0.4 is 10.6 Å². The standard InChI is InChI=1S/C17H17N3O5/c21-16(25-12-14-8-4-5-9-15(14)20(23)24)11-19-17(22)18-10-13-6-2-1-3-7-13/h1-9H,10-12H2,(H2,18,19,22). The Bertz CT molecular complexity index is 749. The van der Waals surface area contributed by atoms with Crippen molar-refractivity contribution >= 4 is 17.7 Å². The zero-order chi connectivity index (χ0) is 18.1. The van der Waals surface area contributed by atoms with E-state index in [4.69, 9.17) is 4.74 Å². The molecule has 0 aliphatic carbocycles. The smallest absolute Gasteiger partial charge is 0.325 e. The molecule has 2 amide bonds. The molecular formula is C17H17N3O5. The molecule has 2 aromatic carbocycles. The van der Waals surface area contributed by atoms with Gasteiger partial charge in [0.2, 0.25) is 0 Å². The minimum atomic E-state index is -0.687. The summed E-state index contributed by atoms with van der Waals surface area (Å²) in [5.74, 6) is -0.687. The summed E-state index contributed by atoms with van der Waals surface area (Å²) in [6.07, 6.45) is 0. The number of carbonyl (C=O) groups is 2. The number of benzene rings is 2. The Morgan fingerprint density at radius 3 is 2.40 bits per heavy atom. The van der Waals surface area contributed by atoms with Crippen LogP contribution in [-0.2, 0) is 22.7 Å². The van der Waals surface area contributed by atoms with E-state index in [1.165, 1.54) is 18.2 Å². The molecule has 0 atom stereocenters. The van der Waals surface area contributed by atoms with Crippen LogP contribution in [-0.4, -0.2) is 23.5 Å². The molecule has 2 aromatic rings. The first-order chi connectivity index (χ1) is 12.1. The van der Waals surface area contributed by atoms with E-state index in [9.17, 15) is 19.7 Å². The molecule has 2 N–H and O–H groups in total. The highest BCUT2D eigenvalue weighted by Gasteiger charge is 2.14. The molecule has 0 fully saturated rings. The Morgan fingerprint density at radius 1 is 1.00 bits per heavy atom. The number of nitro benzene ring substituents is 1. The fourth-order valence-electron chi connectivity index (χ4n) is 2.01. The van der Waals surface area contributed by atoms with Gasteiger partial charge in [0, 0.05) is 12.6 Å². The minimum absolute atomic E-state index is 0.121. The van der Waals surface area contributed by atoms with Gasteiger partial charge in [0.25, 0.3) is 5.69 Å². The molecule has 0 unspecified atom stereocenters. The molecule has 2 rings (SSSR count). The van der Waals surface area contributed by atoms with E-state index >= 15 is 0 Å². The van der Waals surface area contributed by atoms with Crippen molar-refractivity contribution in [1.82, 2.24) is 10.6 Å². The van der Waals surface area contributed by atoms with Gasteiger partial charge in [0.15, 0.2) is 0 Å². The Balaban J connectivity index is 1.72. The average molecular weight is 343 g/mol. The van der Waals surface area contributed by atoms with Gasteiger partial charge in [-0.2, -0.15) is 0 Å². The van der Waals surface area contributed by atoms with Gasteiger partial charge in [-0.1, -0.05) is 42.5 Å². The molecule has 0 spiro atoms. The second kappa shape index (κ2) is 9.02. The number of nitro groups is 1. The lowest BCUT2D eigenvalue weighted by Gasteiger charge is -2.08. The van der Waals surface area contributed by atoms with E-state index in [0.717, 1.165) is 5.56 Å². The summed E-state index contributed by atoms with van der Waals surface area (Å²) in [7, 11) is 0. The second-order valence-electron chi connectivity index (χ2n) is 5.07. The summed E-state index contributed by atoms with van der Waals surface area (Å²) in [5.41, 5.74) is 1.09. The van der Waals surface area contributed by atoms with Crippen molar-refractivity contribution in [2.75, 3.05) is 6.54 Å². The van der Waals surface area contributed by atoms with Gasteiger partial charge >= 0.3 is 12.0 Å². The minimum Gasteiger partial charge on any atom is -0.459 e. The van der Waals surface area contributed by atoms with E-state index in [-0.39, 0.29) is 24.4 Å². The molecule has 0 saturated heterocycles. The number of para-hydroxylation sites is 1. The molecule has 0 aliphatic rings. The van der Waals surface area contributed by atoms with Gasteiger partial charge in [-0.3, -0.25) is 14.9 Å². The number of nitrogens with zero attached hydrogens (tertiary/aromatic N) is 1. The lowest BCUT2D eigenvalue weighted by atomic mass is 10.2. The summed E-state index contributed by atoms with van der Waals surface area (Å²) in [6, 6.07) is 14.8. The fourth-order valence-corrected chi connectivity index (χ4v) is 2.01. The van der Waals surface area contributed by atoms with Crippen molar-refractivity contribution in [2.45, 2.75) is 13.2 Å². The van der Waals surface area contributed by atoms with Crippen molar-refractivity contribution in [3.63, 3.8) is 0 Å². The first-order valence-corrected chi connectivity index (χ1v) is 7.50. The number of hydrogen-bond donors (Lipinski definition) is 2. The Kier molecular flexibility index (Phi) is 6.47. The van der Waals surface area contributed by atoms with Gasteiger partial charge < -0.3 is 15.4 Å². The first kappa shape index (κ1) is 17.9. The molecule has 0 bridgehead atoms. The number of amides is 2. The Labute approximate surface area is 144 Å². The molecule has 0 heterocycles. The van der Waals surface area contributed by atoms with E-state index in [1.807, 2.05) is 30.3 Å². The molecule has 0 radical (unpaired) electrons. The lowest BCUT2D eigenvalue weighted by Crippen LogP contribution is -2.38. The normalized spacial score (nSPS) is 9.92. The van der Waals surface area contributed by atoms with Crippen molar-refractivity contribution in [3.8, 4) is 0 Å². The third kappa shape index (κ3) is 5.94. The van der Waals surface area contributed by atoms with Crippen LogP contribution in [0, 0.1) is 10.1 Å². The molecule has 8 heteroatoms. The molecule has 25 heavy (non-hydrogen) atoms. The average Bonchev–Trinajstić information content (AvgIpc) is 2.64. The highest BCUT2D eigenvalue weighted by molar-refractivity contribution is 5.80. The van der Waals surface area contributed by atoms with Gasteiger partial charge in [-0.05, 0) is 11.6 Å². The van der Waals surface area contributed by atoms with Crippen molar-refractivity contribution in [2.24, 2.45) is 0 Å². The van der Waals surface area contributed by atoms with Crippen molar-refractivity contribution in [1.29, 1.82) is 0 Å². The monoisotopic (exact) mass is 343 g/mol. The Hall–Kier alpha value is -3.42. The first-order valence-electron chi connectivity index (χ1n) is 7.50. The lowest BCUT2D eigenvalue weighted by molar-refractivity contribution is -0.385. The van der Waals surface area contributed by atoms with E-state index in [2.05, 4.69) is 10.6 Å². The topological polar surface area (TPSA) is 111 Å². The summed E-state index contributed by atoms with van der Waals surface area (Å²) in [4.78, 5) is 33.6. The highest BCUT2D eigenvalue weighted by atomic mass is 16.6. The van der Waals surface area contributed by atoms with Crippen molar-refractivity contribution in [3.05, 3.63) is 75.8 Å². The number of urea groups is 1. The highest BCUT2D eigenvalue weighted by Crippen LogP contribution is 2.18. The number of hydrogen-bond acceptors (Lipinski definition) is 5. The maximum absolute atomic E-state index is 11.6. The van der Waals surface area contributed by atoms with Gasteiger partial charge in [-0.15, -0.1) is 0 Å². The molecule has 130 valence electrons. The SMILES string of the molecule is O=C(NCC(=O)OCc1ccccc1[N+](=O)[O-])NCc1ccccc1. The van der Waals surface area contributed by atoms with Crippen LogP contribution in [0.1, 0.15) is 11.1 Å². The van der Waals surface area contributed by atoms with Crippen molar-refractivity contribution < 1.29 is 19.2 Å². The molecule has 0 saturated carbocycles. The van der Waals surface area contributed by atoms with Crippen LogP contribution in [0.5, 0.6) is 0 Å². The summed E-state index contributed by atoms with van der Waals surface area (Å²) in [6.45, 7) is -0.234. The molecule has 8 nitrogen and oxygen atoms in total. The maximum atomic E-state index is 11.6. The van der Waals surface area contributed by atoms with Gasteiger partial charge in [0.1, 0.15) is 13.2 Å². The summed E-state index contributed by atoms with van der Waals surface area (Å²) in [5, 5.41) is 15.8. The maximum Gasteiger partial charge on any atom is 0.325 e. The van der Waals surface area contributed by atoms with Crippen LogP contribution >= 0.6 is 0 Å². The summed E-state index contributed by atoms with van der Waals surface area (Å²) >= 11 is 0. The van der Waals surface area contributed by atoms with E-state index in [0.29, 0.717) is 6.54 Å².